The maximum Gasteiger partial charge on any atom is 0.228 e. The van der Waals surface area contributed by atoms with Gasteiger partial charge in [-0.3, -0.25) is 4.79 Å². The van der Waals surface area contributed by atoms with Crippen LogP contribution in [0.2, 0.25) is 5.02 Å². The summed E-state index contributed by atoms with van der Waals surface area (Å²) < 4.78 is 17.6. The Morgan fingerprint density at radius 3 is 2.83 bits per heavy atom. The van der Waals surface area contributed by atoms with Crippen molar-refractivity contribution < 1.29 is 19.0 Å². The highest BCUT2D eigenvalue weighted by Gasteiger charge is 2.18. The van der Waals surface area contributed by atoms with Gasteiger partial charge in [-0.2, -0.15) is 0 Å². The van der Waals surface area contributed by atoms with Crippen molar-refractivity contribution in [3.8, 4) is 11.5 Å². The first-order chi connectivity index (χ1) is 14.7. The summed E-state index contributed by atoms with van der Waals surface area (Å²) in [6.45, 7) is 4.09. The number of carbonyl (C=O) groups is 1. The number of nitrogens with zero attached hydrogens (tertiary/aromatic N) is 2. The molecule has 2 aliphatic rings. The number of thiazole rings is 1. The lowest BCUT2D eigenvalue weighted by Crippen LogP contribution is -2.36. The molecular weight excluding hydrogens is 426 g/mol. The summed E-state index contributed by atoms with van der Waals surface area (Å²) in [5, 5.41) is 4.41. The number of carbonyl (C=O) groups excluding carboxylic acids is 1. The first-order valence-electron chi connectivity index (χ1n) is 9.77. The molecule has 1 N–H and O–H groups in total. The largest absolute Gasteiger partial charge is 0.486 e. The van der Waals surface area contributed by atoms with Crippen LogP contribution in [0.15, 0.2) is 30.3 Å². The molecule has 0 unspecified atom stereocenters. The molecule has 0 atom stereocenters. The SMILES string of the molecule is O=C(Cc1cc(Cl)c2c(c1)OCCO2)Nc1ccc2nc(N3CCOCC3)sc2c1. The van der Waals surface area contributed by atoms with Gasteiger partial charge >= 0.3 is 0 Å². The topological polar surface area (TPSA) is 72.9 Å². The molecule has 7 nitrogen and oxygen atoms in total. The number of hydrogen-bond donors (Lipinski definition) is 1. The Morgan fingerprint density at radius 2 is 1.97 bits per heavy atom. The van der Waals surface area contributed by atoms with Crippen molar-refractivity contribution in [2.45, 2.75) is 6.42 Å². The summed E-state index contributed by atoms with van der Waals surface area (Å²) >= 11 is 7.90. The predicted molar refractivity (Wildman–Crippen MR) is 117 cm³/mol. The highest BCUT2D eigenvalue weighted by molar-refractivity contribution is 7.22. The number of morpholine rings is 1. The minimum atomic E-state index is -0.125. The number of ether oxygens (including phenoxy) is 3. The van der Waals surface area contributed by atoms with Crippen LogP contribution in [0.25, 0.3) is 10.2 Å². The van der Waals surface area contributed by atoms with E-state index in [0.717, 1.165) is 52.9 Å². The monoisotopic (exact) mass is 445 g/mol. The van der Waals surface area contributed by atoms with Gasteiger partial charge in [0.1, 0.15) is 13.2 Å². The summed E-state index contributed by atoms with van der Waals surface area (Å²) in [7, 11) is 0. The number of benzene rings is 2. The third kappa shape index (κ3) is 4.03. The minimum absolute atomic E-state index is 0.125. The molecular formula is C21H20ClN3O4S. The van der Waals surface area contributed by atoms with Crippen molar-refractivity contribution in [1.29, 1.82) is 0 Å². The van der Waals surface area contributed by atoms with Crippen LogP contribution in [0.4, 0.5) is 10.8 Å². The minimum Gasteiger partial charge on any atom is -0.486 e. The molecule has 1 aromatic heterocycles. The number of hydrogen-bond acceptors (Lipinski definition) is 7. The van der Waals surface area contributed by atoms with Crippen molar-refractivity contribution >= 4 is 49.9 Å². The van der Waals surface area contributed by atoms with Crippen molar-refractivity contribution in [1.82, 2.24) is 4.98 Å². The smallest absolute Gasteiger partial charge is 0.228 e. The van der Waals surface area contributed by atoms with Crippen LogP contribution in [-0.2, 0) is 16.0 Å². The summed E-state index contributed by atoms with van der Waals surface area (Å²) in [6, 6.07) is 9.33. The van der Waals surface area contributed by atoms with E-state index >= 15 is 0 Å². The van der Waals surface area contributed by atoms with E-state index in [9.17, 15) is 4.79 Å². The van der Waals surface area contributed by atoms with Crippen LogP contribution in [0.3, 0.4) is 0 Å². The number of amides is 1. The van der Waals surface area contributed by atoms with E-state index in [1.165, 1.54) is 0 Å². The molecule has 30 heavy (non-hydrogen) atoms. The molecule has 1 saturated heterocycles. The van der Waals surface area contributed by atoms with Crippen molar-refractivity contribution in [3.05, 3.63) is 40.9 Å². The molecule has 156 valence electrons. The molecule has 0 saturated carbocycles. The van der Waals surface area contributed by atoms with Gasteiger partial charge in [0.25, 0.3) is 0 Å². The zero-order valence-electron chi connectivity index (χ0n) is 16.2. The molecule has 3 aromatic rings. The van der Waals surface area contributed by atoms with E-state index in [1.54, 1.807) is 23.5 Å². The van der Waals surface area contributed by atoms with Crippen LogP contribution in [0, 0.1) is 0 Å². The molecule has 9 heteroatoms. The van der Waals surface area contributed by atoms with E-state index in [4.69, 9.17) is 30.8 Å². The van der Waals surface area contributed by atoms with Crippen LogP contribution >= 0.6 is 22.9 Å². The van der Waals surface area contributed by atoms with Gasteiger partial charge in [0.2, 0.25) is 5.91 Å². The molecule has 0 spiro atoms. The van der Waals surface area contributed by atoms with Gasteiger partial charge in [-0.15, -0.1) is 0 Å². The van der Waals surface area contributed by atoms with Crippen LogP contribution in [0.5, 0.6) is 11.5 Å². The summed E-state index contributed by atoms with van der Waals surface area (Å²) in [6.07, 6.45) is 0.191. The van der Waals surface area contributed by atoms with Crippen molar-refractivity contribution in [3.63, 3.8) is 0 Å². The summed E-state index contributed by atoms with van der Waals surface area (Å²) in [5.41, 5.74) is 2.45. The fourth-order valence-corrected chi connectivity index (χ4v) is 4.88. The van der Waals surface area contributed by atoms with E-state index in [1.807, 2.05) is 18.2 Å². The first-order valence-corrected chi connectivity index (χ1v) is 11.0. The molecule has 5 rings (SSSR count). The van der Waals surface area contributed by atoms with Crippen LogP contribution < -0.4 is 19.7 Å². The van der Waals surface area contributed by atoms with Gasteiger partial charge in [-0.1, -0.05) is 22.9 Å². The van der Waals surface area contributed by atoms with Gasteiger partial charge in [-0.25, -0.2) is 4.98 Å². The van der Waals surface area contributed by atoms with Gasteiger partial charge in [0, 0.05) is 18.8 Å². The van der Waals surface area contributed by atoms with E-state index in [0.29, 0.717) is 29.7 Å². The Hall–Kier alpha value is -2.55. The lowest BCUT2D eigenvalue weighted by atomic mass is 10.1. The second kappa shape index (κ2) is 8.29. The number of halogens is 1. The average Bonchev–Trinajstić information content (AvgIpc) is 3.18. The highest BCUT2D eigenvalue weighted by atomic mass is 35.5. The number of nitrogens with one attached hydrogen (secondary N) is 1. The lowest BCUT2D eigenvalue weighted by Gasteiger charge is -2.25. The summed E-state index contributed by atoms with van der Waals surface area (Å²) in [5.74, 6) is 0.997. The van der Waals surface area contributed by atoms with Gasteiger partial charge in [-0.05, 0) is 35.9 Å². The number of anilines is 2. The number of fused-ring (bicyclic) bond motifs is 2. The molecule has 2 aliphatic heterocycles. The zero-order valence-corrected chi connectivity index (χ0v) is 17.7. The number of rotatable bonds is 4. The number of aromatic nitrogens is 1. The Morgan fingerprint density at radius 1 is 1.13 bits per heavy atom. The standard InChI is InChI=1S/C21H20ClN3O4S/c22-15-9-13(10-17-20(15)29-8-7-28-17)11-19(26)23-14-1-2-16-18(12-14)30-21(24-16)25-3-5-27-6-4-25/h1-2,9-10,12H,3-8,11H2,(H,23,26). The molecule has 0 aliphatic carbocycles. The first kappa shape index (κ1) is 19.4. The lowest BCUT2D eigenvalue weighted by molar-refractivity contribution is -0.115. The van der Waals surface area contributed by atoms with Crippen LogP contribution in [0.1, 0.15) is 5.56 Å². The molecule has 2 aromatic carbocycles. The van der Waals surface area contributed by atoms with Crippen molar-refractivity contribution in [2.24, 2.45) is 0 Å². The van der Waals surface area contributed by atoms with Crippen molar-refractivity contribution in [2.75, 3.05) is 49.7 Å². The normalized spacial score (nSPS) is 16.0. The second-order valence-electron chi connectivity index (χ2n) is 7.11. The van der Waals surface area contributed by atoms with Gasteiger partial charge in [0.05, 0.1) is 34.9 Å². The Kier molecular flexibility index (Phi) is 5.37. The fraction of sp³-hybridized carbons (Fsp3) is 0.333. The molecule has 3 heterocycles. The molecule has 0 radical (unpaired) electrons. The van der Waals surface area contributed by atoms with E-state index in [-0.39, 0.29) is 12.3 Å². The fourth-order valence-electron chi connectivity index (χ4n) is 3.54. The summed E-state index contributed by atoms with van der Waals surface area (Å²) in [4.78, 5) is 19.5. The van der Waals surface area contributed by atoms with Gasteiger partial charge < -0.3 is 24.4 Å². The quantitative estimate of drug-likeness (QED) is 0.659. The Balaban J connectivity index is 1.29. The zero-order chi connectivity index (χ0) is 20.5. The maximum atomic E-state index is 12.6. The Bertz CT molecular complexity index is 1100. The second-order valence-corrected chi connectivity index (χ2v) is 8.52. The highest BCUT2D eigenvalue weighted by Crippen LogP contribution is 2.38. The van der Waals surface area contributed by atoms with E-state index < -0.39 is 0 Å². The molecule has 1 amide bonds. The van der Waals surface area contributed by atoms with E-state index in [2.05, 4.69) is 10.2 Å². The maximum absolute atomic E-state index is 12.6. The molecule has 1 fully saturated rings. The molecule has 0 bridgehead atoms. The van der Waals surface area contributed by atoms with Gasteiger partial charge in [0.15, 0.2) is 16.6 Å². The third-order valence-corrected chi connectivity index (χ3v) is 6.32. The van der Waals surface area contributed by atoms with Crippen LogP contribution in [-0.4, -0.2) is 50.4 Å². The third-order valence-electron chi connectivity index (χ3n) is 4.96. The predicted octanol–water partition coefficient (Wildman–Crippen LogP) is 3.74. The average molecular weight is 446 g/mol. The Labute approximate surface area is 182 Å².